The summed E-state index contributed by atoms with van der Waals surface area (Å²) in [6, 6.07) is 18.2. The van der Waals surface area contributed by atoms with Crippen LogP contribution in [0.5, 0.6) is 0 Å². The van der Waals surface area contributed by atoms with Crippen LogP contribution < -0.4 is 9.62 Å². The highest BCUT2D eigenvalue weighted by molar-refractivity contribution is 7.98. The third-order valence-corrected chi connectivity index (χ3v) is 9.26. The number of benzene rings is 3. The lowest BCUT2D eigenvalue weighted by molar-refractivity contribution is -0.140. The molecule has 0 aromatic heterocycles. The molecule has 0 radical (unpaired) electrons. The Morgan fingerprint density at radius 1 is 0.951 bits per heavy atom. The van der Waals surface area contributed by atoms with Crippen molar-refractivity contribution in [2.75, 3.05) is 23.7 Å². The molecular formula is C31H38FN3O4S2. The van der Waals surface area contributed by atoms with Gasteiger partial charge in [0.05, 0.1) is 10.6 Å². The molecule has 220 valence electrons. The highest BCUT2D eigenvalue weighted by Crippen LogP contribution is 2.27. The van der Waals surface area contributed by atoms with Gasteiger partial charge in [-0.05, 0) is 80.1 Å². The number of carbonyl (C=O) groups is 2. The van der Waals surface area contributed by atoms with E-state index in [1.807, 2.05) is 20.1 Å². The molecule has 0 spiro atoms. The van der Waals surface area contributed by atoms with Crippen molar-refractivity contribution in [2.24, 2.45) is 0 Å². The molecule has 3 aromatic carbocycles. The lowest BCUT2D eigenvalue weighted by Gasteiger charge is -2.33. The first kappa shape index (κ1) is 32.1. The van der Waals surface area contributed by atoms with E-state index in [1.54, 1.807) is 55.5 Å². The van der Waals surface area contributed by atoms with Crippen LogP contribution in [0.15, 0.2) is 82.6 Å². The van der Waals surface area contributed by atoms with Gasteiger partial charge in [0, 0.05) is 18.0 Å². The number of anilines is 1. The Morgan fingerprint density at radius 2 is 1.59 bits per heavy atom. The number of aryl methyl sites for hydroxylation is 1. The number of unbranched alkanes of at least 4 members (excludes halogenated alkanes) is 1. The predicted molar refractivity (Wildman–Crippen MR) is 163 cm³/mol. The molecule has 41 heavy (non-hydrogen) atoms. The molecule has 1 atom stereocenters. The van der Waals surface area contributed by atoms with E-state index in [4.69, 9.17) is 0 Å². The van der Waals surface area contributed by atoms with Gasteiger partial charge in [-0.3, -0.25) is 13.9 Å². The lowest BCUT2D eigenvalue weighted by atomic mass is 10.1. The van der Waals surface area contributed by atoms with Crippen LogP contribution in [0.3, 0.4) is 0 Å². The summed E-state index contributed by atoms with van der Waals surface area (Å²) in [4.78, 5) is 29.6. The van der Waals surface area contributed by atoms with Crippen molar-refractivity contribution in [2.45, 2.75) is 62.4 Å². The van der Waals surface area contributed by atoms with Crippen LogP contribution in [0.1, 0.15) is 44.2 Å². The molecule has 3 aromatic rings. The quantitative estimate of drug-likeness (QED) is 0.188. The summed E-state index contributed by atoms with van der Waals surface area (Å²) in [6.45, 7) is 5.68. The molecule has 0 saturated carbocycles. The third-order valence-electron chi connectivity index (χ3n) is 6.73. The van der Waals surface area contributed by atoms with Gasteiger partial charge in [-0.2, -0.15) is 0 Å². The minimum absolute atomic E-state index is 0.0169. The summed E-state index contributed by atoms with van der Waals surface area (Å²) in [5.41, 5.74) is 1.89. The molecule has 2 amide bonds. The fourth-order valence-corrected chi connectivity index (χ4v) is 6.15. The Hall–Kier alpha value is -3.37. The van der Waals surface area contributed by atoms with E-state index in [9.17, 15) is 22.4 Å². The van der Waals surface area contributed by atoms with Crippen molar-refractivity contribution in [3.05, 3.63) is 89.7 Å². The van der Waals surface area contributed by atoms with Crippen LogP contribution in [0, 0.1) is 12.7 Å². The van der Waals surface area contributed by atoms with Gasteiger partial charge >= 0.3 is 0 Å². The van der Waals surface area contributed by atoms with Crippen molar-refractivity contribution in [3.8, 4) is 0 Å². The average molecular weight is 600 g/mol. The Kier molecular flexibility index (Phi) is 11.8. The van der Waals surface area contributed by atoms with Crippen molar-refractivity contribution in [1.29, 1.82) is 0 Å². The van der Waals surface area contributed by atoms with E-state index < -0.39 is 34.3 Å². The largest absolute Gasteiger partial charge is 0.354 e. The van der Waals surface area contributed by atoms with E-state index in [2.05, 4.69) is 5.32 Å². The highest BCUT2D eigenvalue weighted by Gasteiger charge is 2.33. The van der Waals surface area contributed by atoms with Gasteiger partial charge in [-0.1, -0.05) is 50.1 Å². The van der Waals surface area contributed by atoms with Crippen LogP contribution in [-0.2, 0) is 26.2 Å². The maximum atomic E-state index is 14.0. The summed E-state index contributed by atoms with van der Waals surface area (Å²) >= 11 is 1.50. The van der Waals surface area contributed by atoms with Crippen molar-refractivity contribution in [3.63, 3.8) is 0 Å². The number of rotatable bonds is 14. The topological polar surface area (TPSA) is 86.8 Å². The molecule has 0 bridgehead atoms. The number of amides is 2. The van der Waals surface area contributed by atoms with E-state index in [-0.39, 0.29) is 17.3 Å². The first-order valence-electron chi connectivity index (χ1n) is 13.7. The normalized spacial score (nSPS) is 12.0. The molecule has 0 aliphatic heterocycles. The van der Waals surface area contributed by atoms with Crippen LogP contribution >= 0.6 is 11.8 Å². The molecule has 0 aliphatic carbocycles. The minimum atomic E-state index is -4.14. The van der Waals surface area contributed by atoms with Crippen molar-refractivity contribution in [1.82, 2.24) is 10.2 Å². The Balaban J connectivity index is 2.02. The van der Waals surface area contributed by atoms with Crippen LogP contribution in [0.4, 0.5) is 10.1 Å². The van der Waals surface area contributed by atoms with Gasteiger partial charge in [0.2, 0.25) is 11.8 Å². The minimum Gasteiger partial charge on any atom is -0.354 e. The smallest absolute Gasteiger partial charge is 0.264 e. The van der Waals surface area contributed by atoms with Gasteiger partial charge < -0.3 is 10.2 Å². The Morgan fingerprint density at radius 3 is 2.15 bits per heavy atom. The van der Waals surface area contributed by atoms with Crippen molar-refractivity contribution < 1.29 is 22.4 Å². The van der Waals surface area contributed by atoms with Gasteiger partial charge in [-0.15, -0.1) is 11.8 Å². The fourth-order valence-electron chi connectivity index (χ4n) is 4.33. The summed E-state index contributed by atoms with van der Waals surface area (Å²) in [7, 11) is -4.14. The van der Waals surface area contributed by atoms with Crippen LogP contribution in [0.2, 0.25) is 0 Å². The molecule has 1 N–H and O–H groups in total. The van der Waals surface area contributed by atoms with E-state index in [0.717, 1.165) is 27.6 Å². The zero-order valence-corrected chi connectivity index (χ0v) is 25.6. The Bertz CT molecular complexity index is 1400. The molecule has 7 nitrogen and oxygen atoms in total. The number of nitrogens with zero attached hydrogens (tertiary/aromatic N) is 2. The summed E-state index contributed by atoms with van der Waals surface area (Å²) in [5.74, 6) is -1.27. The maximum Gasteiger partial charge on any atom is 0.264 e. The number of hydrogen-bond acceptors (Lipinski definition) is 5. The number of halogens is 1. The van der Waals surface area contributed by atoms with Crippen LogP contribution in [0.25, 0.3) is 0 Å². The van der Waals surface area contributed by atoms with E-state index >= 15 is 0 Å². The number of hydrogen-bond donors (Lipinski definition) is 1. The summed E-state index contributed by atoms with van der Waals surface area (Å²) in [6.07, 6.45) is 3.91. The Labute approximate surface area is 247 Å². The molecule has 0 aliphatic rings. The fraction of sp³-hybridized carbons (Fsp3) is 0.355. The highest BCUT2D eigenvalue weighted by atomic mass is 32.2. The second kappa shape index (κ2) is 15.0. The number of carbonyl (C=O) groups excluding carboxylic acids is 2. The van der Waals surface area contributed by atoms with Gasteiger partial charge in [0.25, 0.3) is 10.0 Å². The molecular weight excluding hydrogens is 561 g/mol. The number of sulfonamides is 1. The van der Waals surface area contributed by atoms with Crippen LogP contribution in [-0.4, -0.2) is 50.5 Å². The monoisotopic (exact) mass is 599 g/mol. The lowest BCUT2D eigenvalue weighted by Crippen LogP contribution is -2.52. The van der Waals surface area contributed by atoms with Gasteiger partial charge in [-0.25, -0.2) is 12.8 Å². The third kappa shape index (κ3) is 8.56. The average Bonchev–Trinajstić information content (AvgIpc) is 2.97. The number of nitrogens with one attached hydrogen (secondary N) is 1. The van der Waals surface area contributed by atoms with E-state index in [0.29, 0.717) is 24.2 Å². The molecule has 10 heteroatoms. The predicted octanol–water partition coefficient (Wildman–Crippen LogP) is 5.78. The molecule has 3 rings (SSSR count). The second-order valence-corrected chi connectivity index (χ2v) is 12.5. The summed E-state index contributed by atoms with van der Waals surface area (Å²) < 4.78 is 42.6. The van der Waals surface area contributed by atoms with Crippen molar-refractivity contribution >= 4 is 39.3 Å². The van der Waals surface area contributed by atoms with Gasteiger partial charge in [0.1, 0.15) is 18.4 Å². The zero-order chi connectivity index (χ0) is 30.0. The zero-order valence-electron chi connectivity index (χ0n) is 24.0. The molecule has 0 fully saturated rings. The molecule has 0 saturated heterocycles. The van der Waals surface area contributed by atoms with E-state index in [1.165, 1.54) is 40.9 Å². The number of thioether (sulfide) groups is 1. The van der Waals surface area contributed by atoms with Gasteiger partial charge in [0.15, 0.2) is 0 Å². The first-order chi connectivity index (χ1) is 19.6. The second-order valence-electron chi connectivity index (χ2n) is 9.74. The standard InChI is InChI=1S/C31H38FN3O4S2/c1-5-7-20-33-31(37)29(6-2)34(21-24-10-12-25(32)13-11-24)30(36)22-35(26-14-8-23(3)9-15-26)41(38,39)28-18-16-27(40-4)17-19-28/h8-19,29H,5-7,20-22H2,1-4H3,(H,33,37)/t29-/m0/s1. The SMILES string of the molecule is CCCCNC(=O)[C@H](CC)N(Cc1ccc(F)cc1)C(=O)CN(c1ccc(C)cc1)S(=O)(=O)c1ccc(SC)cc1. The molecule has 0 heterocycles. The maximum absolute atomic E-state index is 14.0. The first-order valence-corrected chi connectivity index (χ1v) is 16.3. The summed E-state index contributed by atoms with van der Waals surface area (Å²) in [5, 5.41) is 2.90. The molecule has 0 unspecified atom stereocenters.